The van der Waals surface area contributed by atoms with E-state index in [4.69, 9.17) is 0 Å². The number of anilines is 1. The lowest BCUT2D eigenvalue weighted by atomic mass is 10.1. The standard InChI is InChI=1S/C14H19FN2O2/c1-10(18)12-8-11(15)4-5-13(12)17-7-3-6-16(2)14(19)9-17/h4-5,8,10,18H,3,6-7,9H2,1-2H3/t10-/m1/s1. The molecule has 0 unspecified atom stereocenters. The van der Waals surface area contributed by atoms with Crippen molar-refractivity contribution in [2.24, 2.45) is 0 Å². The van der Waals surface area contributed by atoms with Crippen LogP contribution in [0.2, 0.25) is 0 Å². The van der Waals surface area contributed by atoms with Crippen molar-refractivity contribution in [2.75, 3.05) is 31.6 Å². The number of halogens is 1. The van der Waals surface area contributed by atoms with Gasteiger partial charge in [0.1, 0.15) is 5.82 Å². The third-order valence-corrected chi connectivity index (χ3v) is 3.45. The summed E-state index contributed by atoms with van der Waals surface area (Å²) in [7, 11) is 1.78. The monoisotopic (exact) mass is 266 g/mol. The number of benzene rings is 1. The number of carbonyl (C=O) groups excluding carboxylic acids is 1. The van der Waals surface area contributed by atoms with E-state index in [0.29, 0.717) is 5.56 Å². The molecule has 0 aromatic heterocycles. The van der Waals surface area contributed by atoms with Gasteiger partial charge in [0.25, 0.3) is 0 Å². The number of aliphatic hydroxyl groups is 1. The fraction of sp³-hybridized carbons (Fsp3) is 0.500. The summed E-state index contributed by atoms with van der Waals surface area (Å²) in [5, 5.41) is 9.76. The van der Waals surface area contributed by atoms with Crippen molar-refractivity contribution >= 4 is 11.6 Å². The fourth-order valence-electron chi connectivity index (χ4n) is 2.34. The molecule has 0 radical (unpaired) electrons. The van der Waals surface area contributed by atoms with Crippen LogP contribution in [0.3, 0.4) is 0 Å². The molecule has 5 heteroatoms. The molecule has 1 aromatic carbocycles. The molecule has 1 amide bonds. The van der Waals surface area contributed by atoms with Crippen molar-refractivity contribution in [1.82, 2.24) is 4.90 Å². The minimum Gasteiger partial charge on any atom is -0.389 e. The lowest BCUT2D eigenvalue weighted by molar-refractivity contribution is -0.127. The van der Waals surface area contributed by atoms with Crippen LogP contribution < -0.4 is 4.90 Å². The second-order valence-corrected chi connectivity index (χ2v) is 4.97. The Morgan fingerprint density at radius 1 is 1.37 bits per heavy atom. The summed E-state index contributed by atoms with van der Waals surface area (Å²) in [5.74, 6) is -0.337. The fourth-order valence-corrected chi connectivity index (χ4v) is 2.34. The first-order valence-corrected chi connectivity index (χ1v) is 6.45. The number of likely N-dealkylation sites (N-methyl/N-ethyl adjacent to an activating group) is 1. The summed E-state index contributed by atoms with van der Waals surface area (Å²) in [6.45, 7) is 3.31. The van der Waals surface area contributed by atoms with Gasteiger partial charge >= 0.3 is 0 Å². The minimum atomic E-state index is -0.762. The molecule has 1 aromatic rings. The van der Waals surface area contributed by atoms with Crippen molar-refractivity contribution in [2.45, 2.75) is 19.4 Å². The van der Waals surface area contributed by atoms with E-state index in [1.165, 1.54) is 12.1 Å². The average molecular weight is 266 g/mol. The van der Waals surface area contributed by atoms with Gasteiger partial charge in [0.05, 0.1) is 12.6 Å². The van der Waals surface area contributed by atoms with E-state index in [9.17, 15) is 14.3 Å². The van der Waals surface area contributed by atoms with Gasteiger partial charge in [0, 0.05) is 31.4 Å². The van der Waals surface area contributed by atoms with Gasteiger partial charge in [-0.3, -0.25) is 4.79 Å². The van der Waals surface area contributed by atoms with Crippen LogP contribution in [-0.4, -0.2) is 42.6 Å². The zero-order chi connectivity index (χ0) is 14.0. The van der Waals surface area contributed by atoms with Gasteiger partial charge in [-0.1, -0.05) is 0 Å². The SMILES string of the molecule is C[C@@H](O)c1cc(F)ccc1N1CCCN(C)C(=O)C1. The van der Waals surface area contributed by atoms with E-state index in [1.807, 2.05) is 4.90 Å². The van der Waals surface area contributed by atoms with Crippen LogP contribution in [0.1, 0.15) is 25.0 Å². The molecule has 0 saturated carbocycles. The number of nitrogens with zero attached hydrogens (tertiary/aromatic N) is 2. The van der Waals surface area contributed by atoms with E-state index in [-0.39, 0.29) is 18.3 Å². The Morgan fingerprint density at radius 3 is 2.79 bits per heavy atom. The van der Waals surface area contributed by atoms with Crippen molar-refractivity contribution < 1.29 is 14.3 Å². The highest BCUT2D eigenvalue weighted by Gasteiger charge is 2.22. The van der Waals surface area contributed by atoms with E-state index in [2.05, 4.69) is 0 Å². The molecular weight excluding hydrogens is 247 g/mol. The minimum absolute atomic E-state index is 0.0402. The number of hydrogen-bond donors (Lipinski definition) is 1. The summed E-state index contributed by atoms with van der Waals surface area (Å²) in [4.78, 5) is 15.5. The Labute approximate surface area is 112 Å². The average Bonchev–Trinajstić information content (AvgIpc) is 2.52. The number of carbonyl (C=O) groups is 1. The largest absolute Gasteiger partial charge is 0.389 e. The van der Waals surface area contributed by atoms with Gasteiger partial charge in [-0.25, -0.2) is 4.39 Å². The van der Waals surface area contributed by atoms with Crippen molar-refractivity contribution in [1.29, 1.82) is 0 Å². The third kappa shape index (κ3) is 3.04. The van der Waals surface area contributed by atoms with Gasteiger partial charge in [-0.05, 0) is 31.5 Å². The number of aliphatic hydroxyl groups excluding tert-OH is 1. The summed E-state index contributed by atoms with van der Waals surface area (Å²) < 4.78 is 13.3. The Balaban J connectivity index is 2.32. The zero-order valence-electron chi connectivity index (χ0n) is 11.3. The van der Waals surface area contributed by atoms with Gasteiger partial charge in [0.15, 0.2) is 0 Å². The molecule has 1 aliphatic heterocycles. The second-order valence-electron chi connectivity index (χ2n) is 4.97. The second kappa shape index (κ2) is 5.57. The topological polar surface area (TPSA) is 43.8 Å². The lowest BCUT2D eigenvalue weighted by Crippen LogP contribution is -2.34. The van der Waals surface area contributed by atoms with Crippen LogP contribution >= 0.6 is 0 Å². The maximum Gasteiger partial charge on any atom is 0.241 e. The maximum absolute atomic E-state index is 13.3. The Kier molecular flexibility index (Phi) is 4.04. The van der Waals surface area contributed by atoms with Crippen LogP contribution in [0, 0.1) is 5.82 Å². The number of hydrogen-bond acceptors (Lipinski definition) is 3. The van der Waals surface area contributed by atoms with E-state index >= 15 is 0 Å². The summed E-state index contributed by atoms with van der Waals surface area (Å²) >= 11 is 0. The summed E-state index contributed by atoms with van der Waals surface area (Å²) in [5.41, 5.74) is 1.26. The van der Waals surface area contributed by atoms with Crippen LogP contribution in [0.15, 0.2) is 18.2 Å². The van der Waals surface area contributed by atoms with Gasteiger partial charge in [-0.15, -0.1) is 0 Å². The van der Waals surface area contributed by atoms with Gasteiger partial charge in [-0.2, -0.15) is 0 Å². The zero-order valence-corrected chi connectivity index (χ0v) is 11.3. The van der Waals surface area contributed by atoms with Crippen LogP contribution in [-0.2, 0) is 4.79 Å². The van der Waals surface area contributed by atoms with E-state index in [0.717, 1.165) is 25.2 Å². The molecule has 104 valence electrons. The molecule has 19 heavy (non-hydrogen) atoms. The van der Waals surface area contributed by atoms with Gasteiger partial charge in [0.2, 0.25) is 5.91 Å². The van der Waals surface area contributed by atoms with E-state index < -0.39 is 6.10 Å². The molecule has 1 heterocycles. The molecule has 0 spiro atoms. The first-order valence-electron chi connectivity index (χ1n) is 6.45. The quantitative estimate of drug-likeness (QED) is 0.883. The molecule has 1 atom stereocenters. The molecule has 1 N–H and O–H groups in total. The third-order valence-electron chi connectivity index (χ3n) is 3.45. The number of amides is 1. The molecule has 0 aliphatic carbocycles. The van der Waals surface area contributed by atoms with Crippen molar-refractivity contribution in [3.05, 3.63) is 29.6 Å². The molecule has 1 fully saturated rings. The predicted octanol–water partition coefficient (Wildman–Crippen LogP) is 1.55. The van der Waals surface area contributed by atoms with E-state index in [1.54, 1.807) is 24.9 Å². The predicted molar refractivity (Wildman–Crippen MR) is 71.5 cm³/mol. The maximum atomic E-state index is 13.3. The first kappa shape index (κ1) is 13.8. The molecule has 1 aliphatic rings. The summed E-state index contributed by atoms with van der Waals surface area (Å²) in [6.07, 6.45) is 0.0977. The Hall–Kier alpha value is -1.62. The molecule has 4 nitrogen and oxygen atoms in total. The Morgan fingerprint density at radius 2 is 2.11 bits per heavy atom. The van der Waals surface area contributed by atoms with Crippen LogP contribution in [0.4, 0.5) is 10.1 Å². The lowest BCUT2D eigenvalue weighted by Gasteiger charge is -2.25. The highest BCUT2D eigenvalue weighted by molar-refractivity contribution is 5.82. The highest BCUT2D eigenvalue weighted by Crippen LogP contribution is 2.28. The molecule has 1 saturated heterocycles. The smallest absolute Gasteiger partial charge is 0.241 e. The molecular formula is C14H19FN2O2. The first-order chi connectivity index (χ1) is 8.99. The molecule has 2 rings (SSSR count). The normalized spacial score (nSPS) is 18.4. The summed E-state index contributed by atoms with van der Waals surface area (Å²) in [6, 6.07) is 4.33. The number of rotatable bonds is 2. The van der Waals surface area contributed by atoms with Crippen molar-refractivity contribution in [3.8, 4) is 0 Å². The van der Waals surface area contributed by atoms with Crippen LogP contribution in [0.25, 0.3) is 0 Å². The van der Waals surface area contributed by atoms with Crippen molar-refractivity contribution in [3.63, 3.8) is 0 Å². The Bertz CT molecular complexity index is 477. The van der Waals surface area contributed by atoms with Crippen LogP contribution in [0.5, 0.6) is 0 Å². The molecule has 0 bridgehead atoms. The van der Waals surface area contributed by atoms with Gasteiger partial charge < -0.3 is 14.9 Å². The highest BCUT2D eigenvalue weighted by atomic mass is 19.1.